The number of methoxy groups -OCH3 is 1. The molecule has 1 aromatic carbocycles. The Bertz CT molecular complexity index is 709. The molecule has 0 saturated heterocycles. The monoisotopic (exact) mass is 513 g/mol. The lowest BCUT2D eigenvalue weighted by atomic mass is 10.3. The molecule has 1 heterocycles. The van der Waals surface area contributed by atoms with Gasteiger partial charge in [-0.3, -0.25) is 4.79 Å². The van der Waals surface area contributed by atoms with E-state index in [1.54, 1.807) is 13.2 Å². The molecule has 0 aliphatic heterocycles. The Labute approximate surface area is 155 Å². The lowest BCUT2D eigenvalue weighted by Gasteiger charge is -2.14. The molecule has 2 aromatic rings. The van der Waals surface area contributed by atoms with E-state index in [0.717, 1.165) is 4.47 Å². The first-order chi connectivity index (χ1) is 10.4. The highest BCUT2D eigenvalue weighted by molar-refractivity contribution is 9.11. The number of thioether (sulfide) groups is 1. The van der Waals surface area contributed by atoms with Crippen molar-refractivity contribution < 1.29 is 9.53 Å². The number of carbonyl (C=O) groups excluding carboxylic acids is 1. The van der Waals surface area contributed by atoms with Gasteiger partial charge in [-0.25, -0.2) is 5.10 Å². The van der Waals surface area contributed by atoms with E-state index in [2.05, 4.69) is 68.3 Å². The quantitative estimate of drug-likeness (QED) is 0.527. The highest BCUT2D eigenvalue weighted by Crippen LogP contribution is 2.43. The Morgan fingerprint density at radius 3 is 2.77 bits per heavy atom. The van der Waals surface area contributed by atoms with Gasteiger partial charge in [0, 0.05) is 4.47 Å². The van der Waals surface area contributed by atoms with Gasteiger partial charge in [-0.1, -0.05) is 11.8 Å². The molecule has 11 heteroatoms. The summed E-state index contributed by atoms with van der Waals surface area (Å²) in [5.41, 5.74) is 6.00. The van der Waals surface area contributed by atoms with Crippen LogP contribution in [0, 0.1) is 0 Å². The molecule has 1 amide bonds. The van der Waals surface area contributed by atoms with E-state index in [1.807, 2.05) is 0 Å². The Hall–Kier alpha value is -0.780. The van der Waals surface area contributed by atoms with E-state index < -0.39 is 0 Å². The van der Waals surface area contributed by atoms with Crippen molar-refractivity contribution in [3.05, 3.63) is 19.5 Å². The minimum absolute atomic E-state index is 0.147. The van der Waals surface area contributed by atoms with Crippen LogP contribution in [-0.4, -0.2) is 34.0 Å². The molecule has 4 N–H and O–H groups in total. The van der Waals surface area contributed by atoms with E-state index in [-0.39, 0.29) is 17.6 Å². The standard InChI is InChI=1S/C11H10Br3N5O2S/c1-21-9-5(13)2-4(12)8(7(9)14)16-6(20)3-22-11-17-10(15)18-19-11/h2H,3H2,1H3,(H,16,20)(H3,15,17,18,19). The van der Waals surface area contributed by atoms with Crippen molar-refractivity contribution in [2.45, 2.75) is 5.16 Å². The van der Waals surface area contributed by atoms with E-state index >= 15 is 0 Å². The van der Waals surface area contributed by atoms with Crippen molar-refractivity contribution in [3.63, 3.8) is 0 Å². The molecule has 0 unspecified atom stereocenters. The number of hydrogen-bond donors (Lipinski definition) is 3. The van der Waals surface area contributed by atoms with Crippen molar-refractivity contribution in [1.82, 2.24) is 15.2 Å². The van der Waals surface area contributed by atoms with E-state index in [9.17, 15) is 4.79 Å². The number of aromatic amines is 1. The normalized spacial score (nSPS) is 10.5. The summed E-state index contributed by atoms with van der Waals surface area (Å²) in [6, 6.07) is 1.79. The molecule has 0 aliphatic rings. The summed E-state index contributed by atoms with van der Waals surface area (Å²) in [7, 11) is 1.55. The van der Waals surface area contributed by atoms with Crippen molar-refractivity contribution in [2.75, 3.05) is 23.9 Å². The summed E-state index contributed by atoms with van der Waals surface area (Å²) in [6.07, 6.45) is 0. The first kappa shape index (κ1) is 17.6. The number of rotatable bonds is 5. The molecule has 7 nitrogen and oxygen atoms in total. The summed E-state index contributed by atoms with van der Waals surface area (Å²) in [5.74, 6) is 0.743. The highest BCUT2D eigenvalue weighted by atomic mass is 79.9. The van der Waals surface area contributed by atoms with Gasteiger partial charge in [0.15, 0.2) is 0 Å². The molecule has 0 fully saturated rings. The van der Waals surface area contributed by atoms with Gasteiger partial charge in [0.05, 0.1) is 27.5 Å². The lowest BCUT2D eigenvalue weighted by Crippen LogP contribution is -2.15. The van der Waals surface area contributed by atoms with Gasteiger partial charge >= 0.3 is 0 Å². The molecular formula is C11H10Br3N5O2S. The van der Waals surface area contributed by atoms with Crippen LogP contribution in [0.2, 0.25) is 0 Å². The molecular weight excluding hydrogens is 506 g/mol. The Morgan fingerprint density at radius 2 is 2.18 bits per heavy atom. The number of nitrogens with zero attached hydrogens (tertiary/aromatic N) is 2. The number of halogens is 3. The number of ether oxygens (including phenoxy) is 1. The second-order valence-corrected chi connectivity index (χ2v) is 7.35. The van der Waals surface area contributed by atoms with Crippen LogP contribution in [0.4, 0.5) is 11.6 Å². The number of hydrogen-bond acceptors (Lipinski definition) is 6. The maximum absolute atomic E-state index is 12.1. The Balaban J connectivity index is 2.08. The SMILES string of the molecule is COc1c(Br)cc(Br)c(NC(=O)CSc2n[nH]c(N)n2)c1Br. The molecule has 22 heavy (non-hydrogen) atoms. The summed E-state index contributed by atoms with van der Waals surface area (Å²) in [4.78, 5) is 16.0. The Kier molecular flexibility index (Phi) is 6.12. The molecule has 0 radical (unpaired) electrons. The average molecular weight is 516 g/mol. The van der Waals surface area contributed by atoms with Crippen molar-refractivity contribution in [2.24, 2.45) is 0 Å². The zero-order valence-corrected chi connectivity index (χ0v) is 16.7. The summed E-state index contributed by atoms with van der Waals surface area (Å²) in [6.45, 7) is 0. The lowest BCUT2D eigenvalue weighted by molar-refractivity contribution is -0.113. The molecule has 0 saturated carbocycles. The number of nitrogens with two attached hydrogens (primary N) is 1. The first-order valence-corrected chi connectivity index (χ1v) is 9.10. The summed E-state index contributed by atoms with van der Waals surface area (Å²) in [5, 5.41) is 9.58. The van der Waals surface area contributed by atoms with Crippen LogP contribution in [0.5, 0.6) is 5.75 Å². The van der Waals surface area contributed by atoms with E-state index in [4.69, 9.17) is 10.5 Å². The number of benzene rings is 1. The molecule has 0 bridgehead atoms. The number of nitrogens with one attached hydrogen (secondary N) is 2. The van der Waals surface area contributed by atoms with Gasteiger partial charge in [0.1, 0.15) is 5.75 Å². The largest absolute Gasteiger partial charge is 0.494 e. The van der Waals surface area contributed by atoms with Crippen LogP contribution < -0.4 is 15.8 Å². The highest BCUT2D eigenvalue weighted by Gasteiger charge is 2.17. The molecule has 0 atom stereocenters. The van der Waals surface area contributed by atoms with E-state index in [0.29, 0.717) is 25.5 Å². The van der Waals surface area contributed by atoms with Crippen LogP contribution in [0.15, 0.2) is 24.6 Å². The third-order valence-corrected chi connectivity index (χ3v) is 5.23. The second kappa shape index (κ2) is 7.66. The fourth-order valence-corrected chi connectivity index (χ4v) is 4.75. The predicted molar refractivity (Wildman–Crippen MR) is 96.2 cm³/mol. The number of anilines is 2. The van der Waals surface area contributed by atoms with Gasteiger partial charge in [0.25, 0.3) is 0 Å². The maximum Gasteiger partial charge on any atom is 0.234 e. The molecule has 0 aliphatic carbocycles. The predicted octanol–water partition coefficient (Wildman–Crippen LogP) is 3.41. The maximum atomic E-state index is 12.1. The molecule has 1 aromatic heterocycles. The number of amides is 1. The van der Waals surface area contributed by atoms with Gasteiger partial charge in [-0.2, -0.15) is 4.98 Å². The fraction of sp³-hybridized carbons (Fsp3) is 0.182. The minimum atomic E-state index is -0.209. The third kappa shape index (κ3) is 4.15. The van der Waals surface area contributed by atoms with Gasteiger partial charge in [-0.05, 0) is 53.9 Å². The van der Waals surface area contributed by atoms with Gasteiger partial charge in [-0.15, -0.1) is 5.10 Å². The number of carbonyl (C=O) groups is 1. The molecule has 0 spiro atoms. The number of H-pyrrole nitrogens is 1. The minimum Gasteiger partial charge on any atom is -0.494 e. The van der Waals surface area contributed by atoms with Crippen LogP contribution in [-0.2, 0) is 4.79 Å². The van der Waals surface area contributed by atoms with Crippen molar-refractivity contribution >= 4 is 77.1 Å². The summed E-state index contributed by atoms with van der Waals surface area (Å²) < 4.78 is 7.39. The Morgan fingerprint density at radius 1 is 1.45 bits per heavy atom. The average Bonchev–Trinajstić information content (AvgIpc) is 2.87. The third-order valence-electron chi connectivity index (χ3n) is 2.41. The number of aromatic nitrogens is 3. The van der Waals surface area contributed by atoms with Gasteiger partial charge in [0.2, 0.25) is 17.0 Å². The van der Waals surface area contributed by atoms with Crippen molar-refractivity contribution in [1.29, 1.82) is 0 Å². The topological polar surface area (TPSA) is 106 Å². The van der Waals surface area contributed by atoms with Gasteiger partial charge < -0.3 is 15.8 Å². The smallest absolute Gasteiger partial charge is 0.234 e. The zero-order chi connectivity index (χ0) is 16.3. The van der Waals surface area contributed by atoms with Crippen LogP contribution in [0.25, 0.3) is 0 Å². The second-order valence-electron chi connectivity index (χ2n) is 3.90. The van der Waals surface area contributed by atoms with Crippen LogP contribution in [0.3, 0.4) is 0 Å². The van der Waals surface area contributed by atoms with Crippen molar-refractivity contribution in [3.8, 4) is 5.75 Å². The van der Waals surface area contributed by atoms with Crippen LogP contribution in [0.1, 0.15) is 0 Å². The molecule has 118 valence electrons. The fourth-order valence-electron chi connectivity index (χ4n) is 1.50. The van der Waals surface area contributed by atoms with Crippen LogP contribution >= 0.6 is 59.6 Å². The van der Waals surface area contributed by atoms with E-state index in [1.165, 1.54) is 11.8 Å². The number of nitrogen functional groups attached to an aromatic ring is 1. The summed E-state index contributed by atoms with van der Waals surface area (Å²) >= 11 is 11.4. The zero-order valence-electron chi connectivity index (χ0n) is 11.1. The molecule has 2 rings (SSSR count). The first-order valence-electron chi connectivity index (χ1n) is 5.74.